The second kappa shape index (κ2) is 6.34. The maximum absolute atomic E-state index is 13.6. The first-order valence-electron chi connectivity index (χ1n) is 7.70. The van der Waals surface area contributed by atoms with Gasteiger partial charge in [-0.25, -0.2) is 18.7 Å². The van der Waals surface area contributed by atoms with Crippen LogP contribution in [-0.2, 0) is 0 Å². The number of benzene rings is 2. The van der Waals surface area contributed by atoms with E-state index in [1.807, 2.05) is 0 Å². The highest BCUT2D eigenvalue weighted by molar-refractivity contribution is 6.30. The van der Waals surface area contributed by atoms with Gasteiger partial charge in [-0.1, -0.05) is 11.6 Å². The molecule has 0 saturated heterocycles. The maximum Gasteiger partial charge on any atom is 0.159 e. The summed E-state index contributed by atoms with van der Waals surface area (Å²) in [6, 6.07) is 8.72. The first-order chi connectivity index (χ1) is 12.5. The Kier molecular flexibility index (Phi) is 4.00. The number of aromatic nitrogens is 4. The zero-order valence-corrected chi connectivity index (χ0v) is 14.3. The number of halogens is 3. The molecule has 0 radical (unpaired) electrons. The number of fused-ring (bicyclic) bond motifs is 1. The van der Waals surface area contributed by atoms with Gasteiger partial charge in [0.15, 0.2) is 11.6 Å². The molecule has 2 aromatic carbocycles. The molecule has 130 valence electrons. The molecule has 0 aliphatic rings. The number of aryl methyl sites for hydroxylation is 1. The van der Waals surface area contributed by atoms with E-state index in [-0.39, 0.29) is 10.8 Å². The van der Waals surface area contributed by atoms with E-state index in [0.717, 1.165) is 0 Å². The third kappa shape index (κ3) is 2.97. The van der Waals surface area contributed by atoms with Crippen LogP contribution in [0.1, 0.15) is 5.82 Å². The van der Waals surface area contributed by atoms with Crippen molar-refractivity contribution < 1.29 is 8.78 Å². The summed E-state index contributed by atoms with van der Waals surface area (Å²) in [4.78, 5) is 13.0. The minimum Gasteiger partial charge on any atom is -0.339 e. The van der Waals surface area contributed by atoms with Gasteiger partial charge in [0.25, 0.3) is 0 Å². The second-order valence-corrected chi connectivity index (χ2v) is 6.05. The minimum atomic E-state index is -0.535. The van der Waals surface area contributed by atoms with E-state index < -0.39 is 5.82 Å². The van der Waals surface area contributed by atoms with E-state index in [2.05, 4.69) is 20.3 Å². The van der Waals surface area contributed by atoms with Gasteiger partial charge in [-0.15, -0.1) is 0 Å². The number of rotatable bonds is 3. The number of nitrogens with zero attached hydrogens (tertiary/aromatic N) is 4. The Balaban J connectivity index is 1.75. The molecule has 0 amide bonds. The molecular formula is C18H12ClF2N5. The number of hydrogen-bond acceptors (Lipinski definition) is 4. The lowest BCUT2D eigenvalue weighted by molar-refractivity contribution is 0.628. The molecule has 0 fully saturated rings. The molecular weight excluding hydrogens is 360 g/mol. The monoisotopic (exact) mass is 371 g/mol. The van der Waals surface area contributed by atoms with Crippen molar-refractivity contribution in [2.24, 2.45) is 0 Å². The predicted octanol–water partition coefficient (Wildman–Crippen LogP) is 4.80. The largest absolute Gasteiger partial charge is 0.339 e. The van der Waals surface area contributed by atoms with Gasteiger partial charge in [0, 0.05) is 11.8 Å². The Labute approximate surface area is 152 Å². The van der Waals surface area contributed by atoms with E-state index >= 15 is 0 Å². The van der Waals surface area contributed by atoms with E-state index in [0.29, 0.717) is 34.2 Å². The summed E-state index contributed by atoms with van der Waals surface area (Å²) in [6.45, 7) is 1.80. The number of imidazole rings is 1. The average Bonchev–Trinajstić information content (AvgIpc) is 2.93. The summed E-state index contributed by atoms with van der Waals surface area (Å²) in [5.41, 5.74) is 1.73. The van der Waals surface area contributed by atoms with Crippen LogP contribution in [0.4, 0.5) is 20.3 Å². The van der Waals surface area contributed by atoms with Gasteiger partial charge in [-0.3, -0.25) is 9.55 Å². The van der Waals surface area contributed by atoms with Crippen molar-refractivity contribution in [3.05, 3.63) is 71.3 Å². The minimum absolute atomic E-state index is 0.0397. The van der Waals surface area contributed by atoms with E-state index in [1.165, 1.54) is 30.5 Å². The van der Waals surface area contributed by atoms with Crippen molar-refractivity contribution in [3.8, 4) is 5.82 Å². The van der Waals surface area contributed by atoms with Crippen LogP contribution in [0.3, 0.4) is 0 Å². The third-order valence-corrected chi connectivity index (χ3v) is 4.13. The molecule has 8 heteroatoms. The highest BCUT2D eigenvalue weighted by Crippen LogP contribution is 2.24. The molecule has 1 N–H and O–H groups in total. The van der Waals surface area contributed by atoms with Crippen LogP contribution in [0.5, 0.6) is 0 Å². The average molecular weight is 372 g/mol. The molecule has 0 spiro atoms. The first kappa shape index (κ1) is 16.4. The molecule has 2 aromatic heterocycles. The zero-order chi connectivity index (χ0) is 18.3. The lowest BCUT2D eigenvalue weighted by Crippen LogP contribution is -2.04. The van der Waals surface area contributed by atoms with Crippen LogP contribution >= 0.6 is 11.6 Å². The molecule has 26 heavy (non-hydrogen) atoms. The van der Waals surface area contributed by atoms with Crippen LogP contribution in [0.2, 0.25) is 5.02 Å². The van der Waals surface area contributed by atoms with Crippen LogP contribution in [-0.4, -0.2) is 19.5 Å². The molecule has 0 aliphatic carbocycles. The van der Waals surface area contributed by atoms with Gasteiger partial charge >= 0.3 is 0 Å². The van der Waals surface area contributed by atoms with Crippen molar-refractivity contribution in [1.29, 1.82) is 0 Å². The van der Waals surface area contributed by atoms with Gasteiger partial charge in [0.1, 0.15) is 17.5 Å². The Morgan fingerprint density at radius 3 is 2.69 bits per heavy atom. The molecule has 4 aromatic rings. The Morgan fingerprint density at radius 2 is 1.88 bits per heavy atom. The molecule has 0 atom stereocenters. The second-order valence-electron chi connectivity index (χ2n) is 5.64. The van der Waals surface area contributed by atoms with Crippen LogP contribution in [0, 0.1) is 18.6 Å². The fourth-order valence-corrected chi connectivity index (χ4v) is 2.82. The highest BCUT2D eigenvalue weighted by Gasteiger charge is 2.12. The van der Waals surface area contributed by atoms with Gasteiger partial charge < -0.3 is 5.32 Å². The molecule has 0 saturated carbocycles. The summed E-state index contributed by atoms with van der Waals surface area (Å²) in [5.74, 6) is 0.622. The summed E-state index contributed by atoms with van der Waals surface area (Å²) in [7, 11) is 0. The summed E-state index contributed by atoms with van der Waals surface area (Å²) >= 11 is 5.69. The lowest BCUT2D eigenvalue weighted by Gasteiger charge is -2.09. The van der Waals surface area contributed by atoms with Crippen molar-refractivity contribution in [2.45, 2.75) is 6.92 Å². The fraction of sp³-hybridized carbons (Fsp3) is 0.0556. The lowest BCUT2D eigenvalue weighted by atomic mass is 10.3. The van der Waals surface area contributed by atoms with Crippen molar-refractivity contribution in [3.63, 3.8) is 0 Å². The third-order valence-electron chi connectivity index (χ3n) is 3.83. The van der Waals surface area contributed by atoms with Crippen LogP contribution in [0.15, 0.2) is 48.8 Å². The van der Waals surface area contributed by atoms with Gasteiger partial charge in [-0.05, 0) is 37.3 Å². The van der Waals surface area contributed by atoms with Gasteiger partial charge in [-0.2, -0.15) is 0 Å². The number of anilines is 2. The van der Waals surface area contributed by atoms with Gasteiger partial charge in [0.2, 0.25) is 0 Å². The van der Waals surface area contributed by atoms with Crippen molar-refractivity contribution in [1.82, 2.24) is 19.5 Å². The van der Waals surface area contributed by atoms with Gasteiger partial charge in [0.05, 0.1) is 28.4 Å². The number of nitrogens with one attached hydrogen (secondary N) is 1. The standard InChI is InChI=1S/C18H12ClF2N5/c1-10-23-15-5-2-11(20)6-16(15)26(10)18-9-22-8-17(25-18)24-12-3-4-13(19)14(21)7-12/h2-9H,1H3,(H,24,25). The van der Waals surface area contributed by atoms with Crippen molar-refractivity contribution in [2.75, 3.05) is 5.32 Å². The Morgan fingerprint density at radius 1 is 1.04 bits per heavy atom. The van der Waals surface area contributed by atoms with Crippen molar-refractivity contribution >= 4 is 34.1 Å². The molecule has 0 aliphatic heterocycles. The molecule has 0 unspecified atom stereocenters. The number of hydrogen-bond donors (Lipinski definition) is 1. The Bertz CT molecular complexity index is 1130. The highest BCUT2D eigenvalue weighted by atomic mass is 35.5. The normalized spacial score (nSPS) is 11.1. The van der Waals surface area contributed by atoms with Crippen LogP contribution < -0.4 is 5.32 Å². The predicted molar refractivity (Wildman–Crippen MR) is 96.0 cm³/mol. The summed E-state index contributed by atoms with van der Waals surface area (Å²) in [6.07, 6.45) is 3.05. The van der Waals surface area contributed by atoms with E-state index in [9.17, 15) is 8.78 Å². The molecule has 2 heterocycles. The topological polar surface area (TPSA) is 55.6 Å². The maximum atomic E-state index is 13.6. The Hall–Kier alpha value is -3.06. The van der Waals surface area contributed by atoms with E-state index in [1.54, 1.807) is 29.8 Å². The summed E-state index contributed by atoms with van der Waals surface area (Å²) < 4.78 is 28.9. The van der Waals surface area contributed by atoms with E-state index in [4.69, 9.17) is 11.6 Å². The molecule has 5 nitrogen and oxygen atoms in total. The zero-order valence-electron chi connectivity index (χ0n) is 13.5. The SMILES string of the molecule is Cc1nc2ccc(F)cc2n1-c1cncc(Nc2ccc(Cl)c(F)c2)n1. The fourth-order valence-electron chi connectivity index (χ4n) is 2.70. The first-order valence-corrected chi connectivity index (χ1v) is 8.08. The quantitative estimate of drug-likeness (QED) is 0.562. The van der Waals surface area contributed by atoms with Crippen LogP contribution in [0.25, 0.3) is 16.9 Å². The smallest absolute Gasteiger partial charge is 0.159 e. The summed E-state index contributed by atoms with van der Waals surface area (Å²) in [5, 5.41) is 3.01. The molecule has 4 rings (SSSR count). The molecule has 0 bridgehead atoms.